The van der Waals surface area contributed by atoms with E-state index < -0.39 is 0 Å². The number of nitrogens with two attached hydrogens (primary N) is 1. The summed E-state index contributed by atoms with van der Waals surface area (Å²) in [5.74, 6) is 0.440. The highest BCUT2D eigenvalue weighted by Crippen LogP contribution is 2.29. The van der Waals surface area contributed by atoms with Crippen molar-refractivity contribution in [2.75, 3.05) is 18.6 Å². The first-order valence-electron chi connectivity index (χ1n) is 5.13. The van der Waals surface area contributed by atoms with Crippen molar-refractivity contribution in [3.63, 3.8) is 0 Å². The van der Waals surface area contributed by atoms with Gasteiger partial charge >= 0.3 is 5.97 Å². The summed E-state index contributed by atoms with van der Waals surface area (Å²) in [6, 6.07) is 3.82. The van der Waals surface area contributed by atoms with E-state index in [0.29, 0.717) is 17.9 Å². The second-order valence-corrected chi connectivity index (χ2v) is 4.66. The number of thioether (sulfide) groups is 1. The maximum Gasteiger partial charge on any atom is 0.306 e. The van der Waals surface area contributed by atoms with Crippen molar-refractivity contribution in [3.05, 3.63) is 18.3 Å². The van der Waals surface area contributed by atoms with Gasteiger partial charge in [0.2, 0.25) is 0 Å². The standard InChI is InChI=1S/C11H13N3O2S/c1-16-11(15)2-3-17-10-5-9-7(4-8(10)12)6-13-14-9/h4-6H,2-3,12H2,1H3,(H,13,14). The molecule has 0 radical (unpaired) electrons. The Labute approximate surface area is 103 Å². The summed E-state index contributed by atoms with van der Waals surface area (Å²) in [5, 5.41) is 7.81. The maximum atomic E-state index is 11.0. The SMILES string of the molecule is COC(=O)CCSc1cc2[nH]ncc2cc1N. The molecular formula is C11H13N3O2S. The Morgan fingerprint density at radius 2 is 2.41 bits per heavy atom. The molecule has 0 unspecified atom stereocenters. The first-order valence-corrected chi connectivity index (χ1v) is 6.11. The van der Waals surface area contributed by atoms with Crippen LogP contribution in [-0.2, 0) is 9.53 Å². The first-order chi connectivity index (χ1) is 8.20. The molecule has 2 rings (SSSR count). The minimum Gasteiger partial charge on any atom is -0.469 e. The van der Waals surface area contributed by atoms with E-state index in [9.17, 15) is 4.79 Å². The van der Waals surface area contributed by atoms with Gasteiger partial charge in [-0.15, -0.1) is 11.8 Å². The van der Waals surface area contributed by atoms with Crippen LogP contribution in [0.4, 0.5) is 5.69 Å². The van der Waals surface area contributed by atoms with Crippen LogP contribution in [0.25, 0.3) is 10.9 Å². The van der Waals surface area contributed by atoms with Gasteiger partial charge in [0, 0.05) is 21.7 Å². The summed E-state index contributed by atoms with van der Waals surface area (Å²) in [5.41, 5.74) is 7.56. The van der Waals surface area contributed by atoms with Crippen molar-refractivity contribution in [1.82, 2.24) is 10.2 Å². The number of aromatic amines is 1. The van der Waals surface area contributed by atoms with Gasteiger partial charge < -0.3 is 10.5 Å². The minimum absolute atomic E-state index is 0.210. The molecule has 0 fully saturated rings. The zero-order valence-corrected chi connectivity index (χ0v) is 10.2. The first kappa shape index (κ1) is 11.8. The van der Waals surface area contributed by atoms with Gasteiger partial charge in [0.15, 0.2) is 0 Å². The Hall–Kier alpha value is -1.69. The van der Waals surface area contributed by atoms with Crippen molar-refractivity contribution in [2.45, 2.75) is 11.3 Å². The van der Waals surface area contributed by atoms with Gasteiger partial charge in [0.25, 0.3) is 0 Å². The molecule has 0 saturated carbocycles. The summed E-state index contributed by atoms with van der Waals surface area (Å²) in [6.07, 6.45) is 2.11. The number of esters is 1. The molecule has 2 aromatic rings. The van der Waals surface area contributed by atoms with E-state index in [1.54, 1.807) is 6.20 Å². The van der Waals surface area contributed by atoms with Crippen LogP contribution in [0, 0.1) is 0 Å². The molecule has 17 heavy (non-hydrogen) atoms. The number of aromatic nitrogens is 2. The van der Waals surface area contributed by atoms with E-state index in [4.69, 9.17) is 5.73 Å². The van der Waals surface area contributed by atoms with Crippen molar-refractivity contribution >= 4 is 34.3 Å². The number of rotatable bonds is 4. The number of methoxy groups -OCH3 is 1. The molecule has 0 spiro atoms. The zero-order valence-electron chi connectivity index (χ0n) is 9.40. The number of carbonyl (C=O) groups excluding carboxylic acids is 1. The lowest BCUT2D eigenvalue weighted by atomic mass is 10.2. The zero-order chi connectivity index (χ0) is 12.3. The van der Waals surface area contributed by atoms with E-state index in [2.05, 4.69) is 14.9 Å². The summed E-state index contributed by atoms with van der Waals surface area (Å²) in [7, 11) is 1.39. The molecule has 1 aromatic carbocycles. The summed E-state index contributed by atoms with van der Waals surface area (Å²) in [6.45, 7) is 0. The Kier molecular flexibility index (Phi) is 3.53. The second-order valence-electron chi connectivity index (χ2n) is 3.52. The van der Waals surface area contributed by atoms with Crippen LogP contribution in [0.2, 0.25) is 0 Å². The number of benzene rings is 1. The van der Waals surface area contributed by atoms with E-state index in [-0.39, 0.29) is 5.97 Å². The molecule has 5 nitrogen and oxygen atoms in total. The van der Waals surface area contributed by atoms with Crippen LogP contribution in [-0.4, -0.2) is 29.0 Å². The quantitative estimate of drug-likeness (QED) is 0.492. The highest BCUT2D eigenvalue weighted by atomic mass is 32.2. The lowest BCUT2D eigenvalue weighted by Gasteiger charge is -2.05. The molecule has 3 N–H and O–H groups in total. The van der Waals surface area contributed by atoms with E-state index in [0.717, 1.165) is 15.8 Å². The molecule has 0 amide bonds. The van der Waals surface area contributed by atoms with E-state index in [1.165, 1.54) is 18.9 Å². The average Bonchev–Trinajstić information content (AvgIpc) is 2.76. The largest absolute Gasteiger partial charge is 0.469 e. The molecule has 0 aliphatic heterocycles. The average molecular weight is 251 g/mol. The fraction of sp³-hybridized carbons (Fsp3) is 0.273. The maximum absolute atomic E-state index is 11.0. The van der Waals surface area contributed by atoms with Gasteiger partial charge in [-0.25, -0.2) is 0 Å². The van der Waals surface area contributed by atoms with Crippen LogP contribution in [0.5, 0.6) is 0 Å². The summed E-state index contributed by atoms with van der Waals surface area (Å²) >= 11 is 1.54. The normalized spacial score (nSPS) is 10.6. The molecule has 0 bridgehead atoms. The predicted octanol–water partition coefficient (Wildman–Crippen LogP) is 1.80. The number of nitrogens with zero attached hydrogens (tertiary/aromatic N) is 1. The Balaban J connectivity index is 2.07. The molecule has 0 aliphatic rings. The second kappa shape index (κ2) is 5.09. The number of H-pyrrole nitrogens is 1. The molecule has 1 aromatic heterocycles. The third-order valence-corrected chi connectivity index (χ3v) is 3.43. The molecule has 0 saturated heterocycles. The number of nitrogen functional groups attached to an aromatic ring is 1. The number of nitrogens with one attached hydrogen (secondary N) is 1. The number of hydrogen-bond donors (Lipinski definition) is 2. The Bertz CT molecular complexity index is 538. The molecule has 1 heterocycles. The minimum atomic E-state index is -0.210. The third-order valence-electron chi connectivity index (χ3n) is 2.36. The molecular weight excluding hydrogens is 238 g/mol. The number of fused-ring (bicyclic) bond motifs is 1. The molecule has 90 valence electrons. The fourth-order valence-corrected chi connectivity index (χ4v) is 2.38. The molecule has 0 atom stereocenters. The Morgan fingerprint density at radius 1 is 1.59 bits per heavy atom. The van der Waals surface area contributed by atoms with Gasteiger partial charge in [0.05, 0.1) is 25.2 Å². The smallest absolute Gasteiger partial charge is 0.306 e. The van der Waals surface area contributed by atoms with E-state index in [1.807, 2.05) is 12.1 Å². The van der Waals surface area contributed by atoms with Crippen LogP contribution in [0.3, 0.4) is 0 Å². The highest BCUT2D eigenvalue weighted by molar-refractivity contribution is 7.99. The predicted molar refractivity (Wildman–Crippen MR) is 67.9 cm³/mol. The van der Waals surface area contributed by atoms with Gasteiger partial charge in [-0.1, -0.05) is 0 Å². The fourth-order valence-electron chi connectivity index (χ4n) is 1.46. The number of hydrogen-bond acceptors (Lipinski definition) is 5. The van der Waals surface area contributed by atoms with Gasteiger partial charge in [-0.3, -0.25) is 9.89 Å². The van der Waals surface area contributed by atoms with Gasteiger partial charge in [-0.2, -0.15) is 5.10 Å². The molecule has 6 heteroatoms. The number of ether oxygens (including phenoxy) is 1. The van der Waals surface area contributed by atoms with Crippen molar-refractivity contribution in [3.8, 4) is 0 Å². The Morgan fingerprint density at radius 3 is 3.18 bits per heavy atom. The summed E-state index contributed by atoms with van der Waals surface area (Å²) < 4.78 is 4.58. The van der Waals surface area contributed by atoms with Crippen LogP contribution in [0.15, 0.2) is 23.2 Å². The summed E-state index contributed by atoms with van der Waals surface area (Å²) in [4.78, 5) is 11.9. The van der Waals surface area contributed by atoms with Crippen LogP contribution in [0.1, 0.15) is 6.42 Å². The third kappa shape index (κ3) is 2.71. The lowest BCUT2D eigenvalue weighted by Crippen LogP contribution is -2.01. The topological polar surface area (TPSA) is 81.0 Å². The lowest BCUT2D eigenvalue weighted by molar-refractivity contribution is -0.140. The van der Waals surface area contributed by atoms with Crippen molar-refractivity contribution in [2.24, 2.45) is 0 Å². The van der Waals surface area contributed by atoms with Crippen LogP contribution >= 0.6 is 11.8 Å². The van der Waals surface area contributed by atoms with Gasteiger partial charge in [0.1, 0.15) is 0 Å². The van der Waals surface area contributed by atoms with Crippen LogP contribution < -0.4 is 5.73 Å². The number of anilines is 1. The highest BCUT2D eigenvalue weighted by Gasteiger charge is 2.06. The van der Waals surface area contributed by atoms with Crippen molar-refractivity contribution in [1.29, 1.82) is 0 Å². The van der Waals surface area contributed by atoms with E-state index >= 15 is 0 Å². The molecule has 0 aliphatic carbocycles. The van der Waals surface area contributed by atoms with Gasteiger partial charge in [-0.05, 0) is 12.1 Å². The monoisotopic (exact) mass is 251 g/mol. The number of carbonyl (C=O) groups is 1. The van der Waals surface area contributed by atoms with Crippen molar-refractivity contribution < 1.29 is 9.53 Å².